The zero-order valence-electron chi connectivity index (χ0n) is 23.5. The van der Waals surface area contributed by atoms with Crippen LogP contribution in [0.4, 0.5) is 34.3 Å². The minimum Gasteiger partial charge on any atom is -0.480 e. The predicted molar refractivity (Wildman–Crippen MR) is 162 cm³/mol. The lowest BCUT2D eigenvalue weighted by Crippen LogP contribution is -2.38. The zero-order chi connectivity index (χ0) is 30.9. The smallest absolute Gasteiger partial charge is 0.416 e. The molecule has 4 heterocycles. The van der Waals surface area contributed by atoms with Crippen LogP contribution in [0.15, 0.2) is 24.5 Å². The molecule has 3 aromatic rings. The third-order valence-electron chi connectivity index (χ3n) is 7.84. The molecule has 15 heteroatoms. The monoisotopic (exact) mass is 658 g/mol. The second-order valence-electron chi connectivity index (χ2n) is 10.8. The number of aliphatic carboxylic acids is 1. The van der Waals surface area contributed by atoms with E-state index in [1.165, 1.54) is 23.7 Å². The van der Waals surface area contributed by atoms with Crippen molar-refractivity contribution in [2.45, 2.75) is 77.9 Å². The van der Waals surface area contributed by atoms with Crippen molar-refractivity contribution in [1.82, 2.24) is 19.9 Å². The number of likely N-dealkylation sites (tertiary alicyclic amines) is 1. The number of nitrogens with one attached hydrogen (secondary N) is 1. The number of carbonyl (C=O) groups is 1. The van der Waals surface area contributed by atoms with Crippen LogP contribution in [0.25, 0.3) is 11.3 Å². The lowest BCUT2D eigenvalue weighted by molar-refractivity contribution is -0.144. The van der Waals surface area contributed by atoms with Crippen LogP contribution in [0.5, 0.6) is 0 Å². The molecule has 44 heavy (non-hydrogen) atoms. The second-order valence-corrected chi connectivity index (χ2v) is 12.4. The molecular formula is C29H35ClF4N6O3S. The molecule has 1 aromatic carbocycles. The average Bonchev–Trinajstić information content (AvgIpc) is 3.50. The van der Waals surface area contributed by atoms with Crippen LogP contribution >= 0.6 is 22.9 Å². The van der Waals surface area contributed by atoms with Gasteiger partial charge in [0.1, 0.15) is 12.9 Å². The Morgan fingerprint density at radius 3 is 2.45 bits per heavy atom. The normalized spacial score (nSPS) is 19.7. The fourth-order valence-corrected chi connectivity index (χ4v) is 6.77. The van der Waals surface area contributed by atoms with Crippen molar-refractivity contribution in [2.24, 2.45) is 0 Å². The zero-order valence-corrected chi connectivity index (χ0v) is 25.1. The Bertz CT molecular complexity index is 1460. The molecule has 2 aromatic heterocycles. The number of nitrogens with zero attached hydrogens (tertiary/aromatic N) is 5. The van der Waals surface area contributed by atoms with Crippen LogP contribution in [0, 0.1) is 5.82 Å². The SMILES string of the molecule is C.C[C@@H]1CC[C@@H](C)N1Cc1sc(Nc2ncnc(N3CCC(OCC(=O)O)CC3)c2F)nc1-c1cc(Cl)cc(C(F)(F)F)c1. The number of aromatic nitrogens is 3. The molecule has 2 aliphatic heterocycles. The topological polar surface area (TPSA) is 104 Å². The van der Waals surface area contributed by atoms with E-state index in [0.29, 0.717) is 38.2 Å². The second kappa shape index (κ2) is 13.9. The van der Waals surface area contributed by atoms with E-state index in [2.05, 4.69) is 39.0 Å². The van der Waals surface area contributed by atoms with Gasteiger partial charge in [-0.2, -0.15) is 17.6 Å². The number of hydrogen-bond donors (Lipinski definition) is 2. The third-order valence-corrected chi connectivity index (χ3v) is 9.01. The first-order valence-electron chi connectivity index (χ1n) is 13.9. The third kappa shape index (κ3) is 7.76. The molecule has 240 valence electrons. The Balaban J connectivity index is 0.00000442. The van der Waals surface area contributed by atoms with Gasteiger partial charge in [0.2, 0.25) is 5.82 Å². The number of piperidine rings is 1. The van der Waals surface area contributed by atoms with E-state index < -0.39 is 23.5 Å². The van der Waals surface area contributed by atoms with Gasteiger partial charge in [-0.3, -0.25) is 4.90 Å². The molecule has 0 unspecified atom stereocenters. The van der Waals surface area contributed by atoms with Crippen molar-refractivity contribution >= 4 is 45.7 Å². The van der Waals surface area contributed by atoms with Crippen molar-refractivity contribution in [3.05, 3.63) is 45.8 Å². The highest BCUT2D eigenvalue weighted by atomic mass is 35.5. The van der Waals surface area contributed by atoms with E-state index >= 15 is 4.39 Å². The predicted octanol–water partition coefficient (Wildman–Crippen LogP) is 7.23. The fourth-order valence-electron chi connectivity index (χ4n) is 5.55. The van der Waals surface area contributed by atoms with E-state index in [9.17, 15) is 18.0 Å². The number of thiazole rings is 1. The number of alkyl halides is 3. The first-order chi connectivity index (χ1) is 20.4. The number of hydrogen-bond acceptors (Lipinski definition) is 9. The van der Waals surface area contributed by atoms with Gasteiger partial charge in [0.25, 0.3) is 0 Å². The number of benzene rings is 1. The van der Waals surface area contributed by atoms with Gasteiger partial charge in [-0.05, 0) is 57.7 Å². The minimum atomic E-state index is -4.59. The summed E-state index contributed by atoms with van der Waals surface area (Å²) in [6, 6.07) is 3.92. The molecule has 5 rings (SSSR count). The Morgan fingerprint density at radius 2 is 1.82 bits per heavy atom. The number of carboxylic acid groups (broad SMARTS) is 1. The molecule has 9 nitrogen and oxygen atoms in total. The Morgan fingerprint density at radius 1 is 1.14 bits per heavy atom. The largest absolute Gasteiger partial charge is 0.480 e. The molecule has 2 aliphatic rings. The molecule has 2 N–H and O–H groups in total. The summed E-state index contributed by atoms with van der Waals surface area (Å²) in [5, 5.41) is 12.0. The van der Waals surface area contributed by atoms with Crippen LogP contribution in [-0.4, -0.2) is 68.8 Å². The summed E-state index contributed by atoms with van der Waals surface area (Å²) in [6.07, 6.45) is -0.582. The highest BCUT2D eigenvalue weighted by molar-refractivity contribution is 7.16. The number of halogens is 5. The highest BCUT2D eigenvalue weighted by Crippen LogP contribution is 2.40. The van der Waals surface area contributed by atoms with Gasteiger partial charge in [0.05, 0.1) is 17.4 Å². The fraction of sp³-hybridized carbons (Fsp3) is 0.517. The van der Waals surface area contributed by atoms with E-state index in [4.69, 9.17) is 21.4 Å². The van der Waals surface area contributed by atoms with Gasteiger partial charge in [-0.25, -0.2) is 19.7 Å². The van der Waals surface area contributed by atoms with Gasteiger partial charge >= 0.3 is 12.1 Å². The van der Waals surface area contributed by atoms with Crippen molar-refractivity contribution in [3.8, 4) is 11.3 Å². The van der Waals surface area contributed by atoms with Gasteiger partial charge in [0.15, 0.2) is 16.8 Å². The number of ether oxygens (including phenoxy) is 1. The summed E-state index contributed by atoms with van der Waals surface area (Å²) in [7, 11) is 0. The molecule has 2 saturated heterocycles. The Hall–Kier alpha value is -3.07. The van der Waals surface area contributed by atoms with Crippen molar-refractivity contribution in [1.29, 1.82) is 0 Å². The van der Waals surface area contributed by atoms with E-state index in [1.54, 1.807) is 4.90 Å². The molecule has 0 spiro atoms. The van der Waals surface area contributed by atoms with E-state index in [0.717, 1.165) is 29.9 Å². The number of anilines is 3. The van der Waals surface area contributed by atoms with Crippen LogP contribution in [-0.2, 0) is 22.3 Å². The van der Waals surface area contributed by atoms with Crippen molar-refractivity contribution in [3.63, 3.8) is 0 Å². The van der Waals surface area contributed by atoms with Gasteiger partial charge in [0, 0.05) is 47.2 Å². The molecule has 0 amide bonds. The van der Waals surface area contributed by atoms with Crippen LogP contribution in [0.3, 0.4) is 0 Å². The van der Waals surface area contributed by atoms with E-state index in [1.807, 2.05) is 0 Å². The Labute approximate surface area is 262 Å². The molecule has 0 radical (unpaired) electrons. The van der Waals surface area contributed by atoms with Crippen molar-refractivity contribution in [2.75, 3.05) is 29.9 Å². The van der Waals surface area contributed by atoms with E-state index in [-0.39, 0.29) is 59.6 Å². The standard InChI is InChI=1S/C28H31ClF4N6O3S.CH4/c1-15-3-4-16(2)39(15)12-21-24(17-9-18(28(31,32)33)11-19(29)10-17)36-27(43-21)37-25-23(30)26(35-14-34-25)38-7-5-20(6-8-38)42-13-22(40)41;/h9-11,14-16,20H,3-8,12-13H2,1-2H3,(H,40,41)(H,34,35,36,37);1H4/t15-,16-;/m1./s1. The van der Waals surface area contributed by atoms with Crippen LogP contribution < -0.4 is 10.2 Å². The Kier molecular flexibility index (Phi) is 10.7. The van der Waals surface area contributed by atoms with Gasteiger partial charge in [-0.1, -0.05) is 30.4 Å². The summed E-state index contributed by atoms with van der Waals surface area (Å²) in [4.78, 5) is 28.3. The quantitative estimate of drug-likeness (QED) is 0.230. The van der Waals surface area contributed by atoms with Gasteiger partial charge in [-0.15, -0.1) is 0 Å². The maximum absolute atomic E-state index is 15.7. The van der Waals surface area contributed by atoms with Crippen LogP contribution in [0.1, 0.15) is 57.4 Å². The molecule has 2 atom stereocenters. The van der Waals surface area contributed by atoms with Crippen molar-refractivity contribution < 1.29 is 32.2 Å². The lowest BCUT2D eigenvalue weighted by atomic mass is 10.1. The molecule has 0 aliphatic carbocycles. The maximum atomic E-state index is 15.7. The highest BCUT2D eigenvalue weighted by Gasteiger charge is 2.33. The molecule has 0 saturated carbocycles. The summed E-state index contributed by atoms with van der Waals surface area (Å²) in [5.74, 6) is -1.79. The molecular weight excluding hydrogens is 624 g/mol. The average molecular weight is 659 g/mol. The summed E-state index contributed by atoms with van der Waals surface area (Å²) in [5.41, 5.74) is -0.324. The summed E-state index contributed by atoms with van der Waals surface area (Å²) < 4.78 is 61.9. The molecule has 2 fully saturated rings. The number of rotatable bonds is 9. The summed E-state index contributed by atoms with van der Waals surface area (Å²) in [6.45, 7) is 5.12. The lowest BCUT2D eigenvalue weighted by Gasteiger charge is -2.32. The minimum absolute atomic E-state index is 0. The number of carboxylic acids is 1. The first-order valence-corrected chi connectivity index (χ1v) is 15.1. The summed E-state index contributed by atoms with van der Waals surface area (Å²) >= 11 is 7.33. The maximum Gasteiger partial charge on any atom is 0.416 e. The first kappa shape index (κ1) is 33.8. The molecule has 0 bridgehead atoms. The van der Waals surface area contributed by atoms with Gasteiger partial charge < -0.3 is 20.1 Å². The van der Waals surface area contributed by atoms with Crippen LogP contribution in [0.2, 0.25) is 5.02 Å².